The predicted octanol–water partition coefficient (Wildman–Crippen LogP) is 4.24. The molecule has 0 spiro atoms. The van der Waals surface area contributed by atoms with Gasteiger partial charge in [-0.1, -0.05) is 23.2 Å². The van der Waals surface area contributed by atoms with Gasteiger partial charge in [-0.25, -0.2) is 9.78 Å². The SMILES string of the molecule is Cn1nc2ccc(-c3n[nH]c4nc(N5C6CCC5CC(C)(NC(=O)O)C6)nc(C#N)c34)c(Cl)c2c1Cl. The Labute approximate surface area is 215 Å². The molecule has 6 rings (SSSR count). The lowest BCUT2D eigenvalue weighted by atomic mass is 9.84. The van der Waals surface area contributed by atoms with Gasteiger partial charge in [0.25, 0.3) is 0 Å². The minimum Gasteiger partial charge on any atom is -0.465 e. The fourth-order valence-corrected chi connectivity index (χ4v) is 6.49. The van der Waals surface area contributed by atoms with Crippen LogP contribution in [-0.4, -0.2) is 58.8 Å². The maximum atomic E-state index is 11.3. The zero-order chi connectivity index (χ0) is 25.4. The number of carboxylic acid groups (broad SMARTS) is 1. The number of hydrogen-bond donors (Lipinski definition) is 3. The molecule has 0 radical (unpaired) electrons. The monoisotopic (exact) mass is 525 g/mol. The number of benzene rings is 1. The summed E-state index contributed by atoms with van der Waals surface area (Å²) in [5.41, 5.74) is 1.80. The quantitative estimate of drug-likeness (QED) is 0.359. The summed E-state index contributed by atoms with van der Waals surface area (Å²) in [5, 5.41) is 35.6. The molecule has 2 bridgehead atoms. The summed E-state index contributed by atoms with van der Waals surface area (Å²) in [5.74, 6) is 0.441. The Morgan fingerprint density at radius 2 is 1.97 bits per heavy atom. The van der Waals surface area contributed by atoms with Crippen molar-refractivity contribution >= 4 is 57.2 Å². The third kappa shape index (κ3) is 3.36. The number of fused-ring (bicyclic) bond motifs is 4. The van der Waals surface area contributed by atoms with E-state index in [2.05, 4.69) is 36.6 Å². The minimum atomic E-state index is -1.02. The number of carbonyl (C=O) groups is 1. The van der Waals surface area contributed by atoms with Crippen molar-refractivity contribution in [1.82, 2.24) is 35.3 Å². The number of aromatic nitrogens is 6. The van der Waals surface area contributed by atoms with Crippen molar-refractivity contribution in [3.8, 4) is 17.3 Å². The summed E-state index contributed by atoms with van der Waals surface area (Å²) in [4.78, 5) is 22.8. The Kier molecular flexibility index (Phi) is 5.04. The fourth-order valence-electron chi connectivity index (χ4n) is 5.88. The van der Waals surface area contributed by atoms with Crippen molar-refractivity contribution in [2.24, 2.45) is 7.05 Å². The Morgan fingerprint density at radius 3 is 2.64 bits per heavy atom. The zero-order valence-corrected chi connectivity index (χ0v) is 20.9. The highest BCUT2D eigenvalue weighted by Crippen LogP contribution is 2.44. The van der Waals surface area contributed by atoms with Gasteiger partial charge in [0, 0.05) is 30.2 Å². The van der Waals surface area contributed by atoms with Crippen molar-refractivity contribution in [3.63, 3.8) is 0 Å². The van der Waals surface area contributed by atoms with Gasteiger partial charge in [-0.15, -0.1) is 0 Å². The topological polar surface area (TPSA) is 149 Å². The molecule has 36 heavy (non-hydrogen) atoms. The molecule has 13 heteroatoms. The number of hydrogen-bond acceptors (Lipinski definition) is 7. The molecule has 3 aromatic heterocycles. The highest BCUT2D eigenvalue weighted by atomic mass is 35.5. The first-order chi connectivity index (χ1) is 17.2. The van der Waals surface area contributed by atoms with E-state index in [1.165, 1.54) is 0 Å². The largest absolute Gasteiger partial charge is 0.465 e. The second kappa shape index (κ2) is 7.94. The first kappa shape index (κ1) is 22.8. The van der Waals surface area contributed by atoms with Crippen LogP contribution >= 0.6 is 23.2 Å². The lowest BCUT2D eigenvalue weighted by Gasteiger charge is -2.44. The minimum absolute atomic E-state index is 0.0663. The molecular formula is C23H21Cl2N9O2. The van der Waals surface area contributed by atoms with Gasteiger partial charge in [0.2, 0.25) is 5.95 Å². The average molecular weight is 526 g/mol. The van der Waals surface area contributed by atoms with E-state index in [1.807, 2.05) is 6.92 Å². The zero-order valence-electron chi connectivity index (χ0n) is 19.4. The molecule has 2 saturated heterocycles. The van der Waals surface area contributed by atoms with Crippen LogP contribution in [0.25, 0.3) is 33.2 Å². The summed E-state index contributed by atoms with van der Waals surface area (Å²) < 4.78 is 1.55. The molecule has 2 atom stereocenters. The number of piperidine rings is 1. The van der Waals surface area contributed by atoms with E-state index >= 15 is 0 Å². The van der Waals surface area contributed by atoms with Crippen LogP contribution in [0.1, 0.15) is 38.3 Å². The first-order valence-electron chi connectivity index (χ1n) is 11.5. The van der Waals surface area contributed by atoms with Crippen LogP contribution in [0.5, 0.6) is 0 Å². The average Bonchev–Trinajstić information content (AvgIpc) is 3.45. The van der Waals surface area contributed by atoms with E-state index in [0.29, 0.717) is 62.2 Å². The van der Waals surface area contributed by atoms with E-state index in [4.69, 9.17) is 28.2 Å². The Balaban J connectivity index is 1.43. The summed E-state index contributed by atoms with van der Waals surface area (Å²) in [6.07, 6.45) is 2.05. The predicted molar refractivity (Wildman–Crippen MR) is 134 cm³/mol. The number of amides is 1. The molecule has 2 aliphatic rings. The summed E-state index contributed by atoms with van der Waals surface area (Å²) >= 11 is 13.2. The highest BCUT2D eigenvalue weighted by Gasteiger charge is 2.48. The second-order valence-corrected chi connectivity index (χ2v) is 10.4. The van der Waals surface area contributed by atoms with Gasteiger partial charge >= 0.3 is 6.09 Å². The van der Waals surface area contributed by atoms with Gasteiger partial charge in [-0.2, -0.15) is 20.4 Å². The van der Waals surface area contributed by atoms with Crippen molar-refractivity contribution in [3.05, 3.63) is 28.0 Å². The molecule has 4 aromatic rings. The lowest BCUT2D eigenvalue weighted by Crippen LogP contribution is -2.57. The van der Waals surface area contributed by atoms with Crippen LogP contribution in [0.4, 0.5) is 10.7 Å². The van der Waals surface area contributed by atoms with Crippen LogP contribution in [0.2, 0.25) is 10.2 Å². The number of rotatable bonds is 3. The molecule has 11 nitrogen and oxygen atoms in total. The number of anilines is 1. The number of halogens is 2. The van der Waals surface area contributed by atoms with Crippen molar-refractivity contribution in [2.75, 3.05) is 4.90 Å². The maximum Gasteiger partial charge on any atom is 0.405 e. The van der Waals surface area contributed by atoms with E-state index in [9.17, 15) is 15.2 Å². The summed E-state index contributed by atoms with van der Waals surface area (Å²) in [6, 6.07) is 5.92. The molecular weight excluding hydrogens is 505 g/mol. The Hall–Kier alpha value is -3.62. The third-order valence-corrected chi connectivity index (χ3v) is 8.09. The van der Waals surface area contributed by atoms with E-state index in [0.717, 1.165) is 12.8 Å². The standard InChI is InChI=1S/C23H21Cl2N9O2/c1-23(29-22(35)36)7-10-3-4-11(8-23)34(10)21-27-14(9-26)16-18(30-31-20(16)28-21)12-5-6-13-15(17(12)24)19(25)33(2)32-13/h5-6,10-11,29H,3-4,7-8H2,1-2H3,(H,35,36)(H,27,28,30,31). The smallest absolute Gasteiger partial charge is 0.405 e. The van der Waals surface area contributed by atoms with Gasteiger partial charge in [0.15, 0.2) is 11.3 Å². The summed E-state index contributed by atoms with van der Waals surface area (Å²) in [6.45, 7) is 1.94. The fraction of sp³-hybridized carbons (Fsp3) is 0.391. The number of aryl methyl sites for hydroxylation is 1. The molecule has 1 amide bonds. The third-order valence-electron chi connectivity index (χ3n) is 7.27. The molecule has 5 heterocycles. The van der Waals surface area contributed by atoms with Gasteiger partial charge in [0.05, 0.1) is 21.3 Å². The summed E-state index contributed by atoms with van der Waals surface area (Å²) in [7, 11) is 1.74. The van der Waals surface area contributed by atoms with E-state index in [-0.39, 0.29) is 17.8 Å². The normalized spacial score (nSPS) is 23.4. The number of nitrogens with zero attached hydrogens (tertiary/aromatic N) is 7. The number of aromatic amines is 1. The van der Waals surface area contributed by atoms with Crippen LogP contribution in [0.15, 0.2) is 12.1 Å². The number of nitriles is 1. The van der Waals surface area contributed by atoms with Crippen LogP contribution in [-0.2, 0) is 7.05 Å². The van der Waals surface area contributed by atoms with Gasteiger partial charge in [-0.3, -0.25) is 9.78 Å². The molecule has 2 aliphatic heterocycles. The van der Waals surface area contributed by atoms with Gasteiger partial charge < -0.3 is 15.3 Å². The molecule has 0 saturated carbocycles. The van der Waals surface area contributed by atoms with E-state index < -0.39 is 11.6 Å². The Morgan fingerprint density at radius 1 is 1.25 bits per heavy atom. The Bertz CT molecular complexity index is 1590. The van der Waals surface area contributed by atoms with Crippen molar-refractivity contribution in [2.45, 2.75) is 50.2 Å². The van der Waals surface area contributed by atoms with Crippen LogP contribution in [0.3, 0.4) is 0 Å². The second-order valence-electron chi connectivity index (χ2n) is 9.71. The molecule has 2 fully saturated rings. The molecule has 184 valence electrons. The number of nitrogens with one attached hydrogen (secondary N) is 2. The van der Waals surface area contributed by atoms with E-state index in [1.54, 1.807) is 23.9 Å². The molecule has 2 unspecified atom stereocenters. The highest BCUT2D eigenvalue weighted by molar-refractivity contribution is 6.43. The van der Waals surface area contributed by atoms with Gasteiger partial charge in [-0.05, 0) is 44.7 Å². The van der Waals surface area contributed by atoms with Crippen LogP contribution < -0.4 is 10.2 Å². The maximum absolute atomic E-state index is 11.3. The first-order valence-corrected chi connectivity index (χ1v) is 12.2. The van der Waals surface area contributed by atoms with Crippen molar-refractivity contribution in [1.29, 1.82) is 5.26 Å². The van der Waals surface area contributed by atoms with Crippen LogP contribution in [0, 0.1) is 11.3 Å². The molecule has 0 aliphatic carbocycles. The lowest BCUT2D eigenvalue weighted by molar-refractivity contribution is 0.166. The number of H-pyrrole nitrogens is 1. The molecule has 3 N–H and O–H groups in total. The molecule has 1 aromatic carbocycles. The van der Waals surface area contributed by atoms with Crippen molar-refractivity contribution < 1.29 is 9.90 Å². The van der Waals surface area contributed by atoms with Gasteiger partial charge in [0.1, 0.15) is 16.9 Å².